The van der Waals surface area contributed by atoms with Crippen molar-refractivity contribution in [3.05, 3.63) is 24.3 Å². The first-order chi connectivity index (χ1) is 9.94. The number of hydrogen-bond acceptors (Lipinski definition) is 4. The number of nitrogens with zero attached hydrogens (tertiary/aromatic N) is 1. The largest absolute Gasteiger partial charge is 0.492 e. The molecular formula is C15H21N3O3. The number of hydrazine groups is 1. The lowest BCUT2D eigenvalue weighted by Crippen LogP contribution is -2.44. The predicted molar refractivity (Wildman–Crippen MR) is 79.6 cm³/mol. The molecule has 1 heterocycles. The molecule has 0 radical (unpaired) electrons. The lowest BCUT2D eigenvalue weighted by Gasteiger charge is -2.23. The smallest absolute Gasteiger partial charge is 0.242 e. The van der Waals surface area contributed by atoms with Gasteiger partial charge < -0.3 is 9.64 Å². The highest BCUT2D eigenvalue weighted by Gasteiger charge is 2.28. The zero-order chi connectivity index (χ0) is 15.5. The summed E-state index contributed by atoms with van der Waals surface area (Å²) in [7, 11) is 0. The zero-order valence-electron chi connectivity index (χ0n) is 12.4. The fourth-order valence-corrected chi connectivity index (χ4v) is 2.19. The van der Waals surface area contributed by atoms with Gasteiger partial charge in [-0.2, -0.15) is 0 Å². The molecule has 1 aliphatic rings. The van der Waals surface area contributed by atoms with Gasteiger partial charge >= 0.3 is 0 Å². The van der Waals surface area contributed by atoms with Gasteiger partial charge in [0, 0.05) is 24.7 Å². The summed E-state index contributed by atoms with van der Waals surface area (Å²) in [6.07, 6.45) is 1.47. The Kier molecular flexibility index (Phi) is 4.47. The molecule has 0 unspecified atom stereocenters. The molecule has 2 amide bonds. The second kappa shape index (κ2) is 6.13. The molecule has 6 nitrogen and oxygen atoms in total. The van der Waals surface area contributed by atoms with E-state index < -0.39 is 5.41 Å². The van der Waals surface area contributed by atoms with E-state index in [2.05, 4.69) is 5.43 Å². The predicted octanol–water partition coefficient (Wildman–Crippen LogP) is 1.21. The first-order valence-corrected chi connectivity index (χ1v) is 6.98. The third-order valence-corrected chi connectivity index (χ3v) is 3.55. The normalized spacial score (nSPS) is 15.2. The van der Waals surface area contributed by atoms with Crippen LogP contribution in [0.5, 0.6) is 5.75 Å². The van der Waals surface area contributed by atoms with Crippen molar-refractivity contribution in [2.24, 2.45) is 11.3 Å². The van der Waals surface area contributed by atoms with E-state index in [0.29, 0.717) is 12.2 Å². The van der Waals surface area contributed by atoms with Gasteiger partial charge in [-0.3, -0.25) is 15.0 Å². The van der Waals surface area contributed by atoms with Gasteiger partial charge in [0.15, 0.2) is 0 Å². The Morgan fingerprint density at radius 3 is 2.86 bits per heavy atom. The highest BCUT2D eigenvalue weighted by molar-refractivity contribution is 5.95. The molecule has 0 saturated carbocycles. The molecule has 1 fully saturated rings. The van der Waals surface area contributed by atoms with Crippen LogP contribution in [0.2, 0.25) is 0 Å². The van der Waals surface area contributed by atoms with E-state index in [9.17, 15) is 9.59 Å². The molecule has 0 spiro atoms. The monoisotopic (exact) mass is 291 g/mol. The van der Waals surface area contributed by atoms with Crippen LogP contribution in [0.4, 0.5) is 5.69 Å². The Balaban J connectivity index is 2.05. The molecule has 6 heteroatoms. The van der Waals surface area contributed by atoms with Gasteiger partial charge in [-0.25, -0.2) is 5.84 Å². The molecule has 3 N–H and O–H groups in total. The van der Waals surface area contributed by atoms with Crippen LogP contribution >= 0.6 is 0 Å². The number of nitrogens with one attached hydrogen (secondary N) is 1. The second-order valence-electron chi connectivity index (χ2n) is 5.79. The molecular weight excluding hydrogens is 270 g/mol. The van der Waals surface area contributed by atoms with Crippen molar-refractivity contribution in [1.82, 2.24) is 5.43 Å². The van der Waals surface area contributed by atoms with E-state index in [0.717, 1.165) is 18.7 Å². The SMILES string of the molecule is CC(C)(COc1cccc(N2CCCC2=O)c1)C(=O)NN. The molecule has 0 atom stereocenters. The number of anilines is 1. The fourth-order valence-electron chi connectivity index (χ4n) is 2.19. The third-order valence-electron chi connectivity index (χ3n) is 3.55. The van der Waals surface area contributed by atoms with Crippen LogP contribution < -0.4 is 20.9 Å². The Labute approximate surface area is 124 Å². The van der Waals surface area contributed by atoms with Crippen LogP contribution in [-0.4, -0.2) is 25.0 Å². The van der Waals surface area contributed by atoms with Gasteiger partial charge in [-0.15, -0.1) is 0 Å². The van der Waals surface area contributed by atoms with Crippen molar-refractivity contribution in [3.8, 4) is 5.75 Å². The standard InChI is InChI=1S/C15H21N3O3/c1-15(2,14(20)17-16)10-21-12-6-3-5-11(9-12)18-8-4-7-13(18)19/h3,5-6,9H,4,7-8,10,16H2,1-2H3,(H,17,20). The van der Waals surface area contributed by atoms with Gasteiger partial charge in [0.25, 0.3) is 0 Å². The molecule has 1 aliphatic heterocycles. The van der Waals surface area contributed by atoms with Gasteiger partial charge in [-0.05, 0) is 32.4 Å². The first kappa shape index (κ1) is 15.3. The topological polar surface area (TPSA) is 84.7 Å². The number of hydrogen-bond donors (Lipinski definition) is 2. The summed E-state index contributed by atoms with van der Waals surface area (Å²) in [5.41, 5.74) is 2.23. The minimum atomic E-state index is -0.728. The average molecular weight is 291 g/mol. The van der Waals surface area contributed by atoms with Crippen LogP contribution in [0.1, 0.15) is 26.7 Å². The lowest BCUT2D eigenvalue weighted by molar-refractivity contribution is -0.130. The maximum absolute atomic E-state index is 11.7. The molecule has 0 aliphatic carbocycles. The van der Waals surface area contributed by atoms with Crippen LogP contribution in [0.25, 0.3) is 0 Å². The zero-order valence-corrected chi connectivity index (χ0v) is 12.4. The van der Waals surface area contributed by atoms with E-state index >= 15 is 0 Å². The minimum Gasteiger partial charge on any atom is -0.492 e. The summed E-state index contributed by atoms with van der Waals surface area (Å²) in [4.78, 5) is 25.1. The molecule has 1 aromatic rings. The third kappa shape index (κ3) is 3.52. The number of rotatable bonds is 5. The first-order valence-electron chi connectivity index (χ1n) is 6.98. The summed E-state index contributed by atoms with van der Waals surface area (Å²) >= 11 is 0. The van der Waals surface area contributed by atoms with Crippen molar-refractivity contribution in [2.45, 2.75) is 26.7 Å². The highest BCUT2D eigenvalue weighted by atomic mass is 16.5. The van der Waals surface area contributed by atoms with Gasteiger partial charge in [0.05, 0.1) is 5.41 Å². The van der Waals surface area contributed by atoms with E-state index in [-0.39, 0.29) is 18.4 Å². The van der Waals surface area contributed by atoms with E-state index in [1.165, 1.54) is 0 Å². The Morgan fingerprint density at radius 1 is 1.48 bits per heavy atom. The van der Waals surface area contributed by atoms with Crippen LogP contribution in [0.15, 0.2) is 24.3 Å². The molecule has 21 heavy (non-hydrogen) atoms. The number of carbonyl (C=O) groups excluding carboxylic acids is 2. The molecule has 0 bridgehead atoms. The number of nitrogens with two attached hydrogens (primary N) is 1. The summed E-state index contributed by atoms with van der Waals surface area (Å²) in [6.45, 7) is 4.45. The Morgan fingerprint density at radius 2 is 2.24 bits per heavy atom. The lowest BCUT2D eigenvalue weighted by atomic mass is 9.94. The number of amides is 2. The Hall–Kier alpha value is -2.08. The van der Waals surface area contributed by atoms with Crippen molar-refractivity contribution >= 4 is 17.5 Å². The average Bonchev–Trinajstić information content (AvgIpc) is 2.91. The number of benzene rings is 1. The fraction of sp³-hybridized carbons (Fsp3) is 0.467. The van der Waals surface area contributed by atoms with E-state index in [1.54, 1.807) is 24.8 Å². The highest BCUT2D eigenvalue weighted by Crippen LogP contribution is 2.26. The quantitative estimate of drug-likeness (QED) is 0.485. The van der Waals surface area contributed by atoms with Crippen molar-refractivity contribution in [3.63, 3.8) is 0 Å². The number of carbonyl (C=O) groups is 2. The van der Waals surface area contributed by atoms with Crippen molar-refractivity contribution in [1.29, 1.82) is 0 Å². The summed E-state index contributed by atoms with van der Waals surface area (Å²) in [5.74, 6) is 5.63. The molecule has 1 aromatic carbocycles. The maximum Gasteiger partial charge on any atom is 0.242 e. The van der Waals surface area contributed by atoms with Gasteiger partial charge in [-0.1, -0.05) is 6.07 Å². The Bertz CT molecular complexity index is 543. The van der Waals surface area contributed by atoms with Crippen molar-refractivity contribution in [2.75, 3.05) is 18.1 Å². The van der Waals surface area contributed by atoms with Crippen molar-refractivity contribution < 1.29 is 14.3 Å². The second-order valence-corrected chi connectivity index (χ2v) is 5.79. The molecule has 114 valence electrons. The van der Waals surface area contributed by atoms with Gasteiger partial charge in [0.2, 0.25) is 11.8 Å². The maximum atomic E-state index is 11.7. The van der Waals surface area contributed by atoms with E-state index in [4.69, 9.17) is 10.6 Å². The molecule has 0 aromatic heterocycles. The summed E-state index contributed by atoms with van der Waals surface area (Å²) in [6, 6.07) is 7.35. The van der Waals surface area contributed by atoms with Crippen LogP contribution in [0.3, 0.4) is 0 Å². The number of ether oxygens (including phenoxy) is 1. The van der Waals surface area contributed by atoms with Crippen LogP contribution in [0, 0.1) is 5.41 Å². The van der Waals surface area contributed by atoms with Gasteiger partial charge in [0.1, 0.15) is 12.4 Å². The molecule has 1 saturated heterocycles. The molecule has 2 rings (SSSR count). The summed E-state index contributed by atoms with van der Waals surface area (Å²) < 4.78 is 5.67. The summed E-state index contributed by atoms with van der Waals surface area (Å²) in [5, 5.41) is 0. The van der Waals surface area contributed by atoms with Crippen LogP contribution in [-0.2, 0) is 9.59 Å². The van der Waals surface area contributed by atoms with E-state index in [1.807, 2.05) is 18.2 Å². The minimum absolute atomic E-state index is 0.134.